The van der Waals surface area contributed by atoms with Crippen LogP contribution in [0.3, 0.4) is 0 Å². The summed E-state index contributed by atoms with van der Waals surface area (Å²) >= 11 is 6.86. The third kappa shape index (κ3) is 3.99. The Labute approximate surface area is 124 Å². The Balaban J connectivity index is 1.81. The molecule has 0 aliphatic heterocycles. The Morgan fingerprint density at radius 3 is 2.67 bits per heavy atom. The number of amides is 1. The lowest BCUT2D eigenvalue weighted by Gasteiger charge is -2.13. The molecule has 5 heteroatoms. The smallest absolute Gasteiger partial charge is 0.239 e. The van der Waals surface area contributed by atoms with Crippen LogP contribution in [-0.4, -0.2) is 18.5 Å². The number of nitrogens with one attached hydrogen (secondary N) is 2. The Kier molecular flexibility index (Phi) is 5.06. The molecule has 1 fully saturated rings. The van der Waals surface area contributed by atoms with Gasteiger partial charge in [-0.2, -0.15) is 0 Å². The van der Waals surface area contributed by atoms with Crippen molar-refractivity contribution < 1.29 is 4.79 Å². The largest absolute Gasteiger partial charge is 0.375 e. The molecule has 0 atom stereocenters. The van der Waals surface area contributed by atoms with Crippen LogP contribution in [0.5, 0.6) is 0 Å². The van der Waals surface area contributed by atoms with E-state index in [2.05, 4.69) is 42.5 Å². The minimum atomic E-state index is 0.0664. The maximum absolute atomic E-state index is 11.8. The Morgan fingerprint density at radius 2 is 2.00 bits per heavy atom. The summed E-state index contributed by atoms with van der Waals surface area (Å²) in [6.45, 7) is 0.316. The lowest BCUT2D eigenvalue weighted by Crippen LogP contribution is -2.36. The van der Waals surface area contributed by atoms with Gasteiger partial charge in [-0.05, 0) is 47.0 Å². The molecule has 1 aromatic rings. The SMILES string of the molecule is O=C(CNc1ccc(Br)cc1Br)NC1CCCC1. The first-order chi connectivity index (χ1) is 8.65. The molecule has 3 nitrogen and oxygen atoms in total. The van der Waals surface area contributed by atoms with Gasteiger partial charge in [0, 0.05) is 20.7 Å². The maximum Gasteiger partial charge on any atom is 0.239 e. The summed E-state index contributed by atoms with van der Waals surface area (Å²) in [5.74, 6) is 0.0664. The fourth-order valence-electron chi connectivity index (χ4n) is 2.16. The van der Waals surface area contributed by atoms with Crippen molar-refractivity contribution >= 4 is 43.5 Å². The molecule has 18 heavy (non-hydrogen) atoms. The summed E-state index contributed by atoms with van der Waals surface area (Å²) in [6, 6.07) is 6.23. The van der Waals surface area contributed by atoms with Crippen LogP contribution in [0.15, 0.2) is 27.1 Å². The van der Waals surface area contributed by atoms with Crippen LogP contribution in [0.2, 0.25) is 0 Å². The standard InChI is InChI=1S/C13H16Br2N2O/c14-9-5-6-12(11(15)7-9)16-8-13(18)17-10-3-1-2-4-10/h5-7,10,16H,1-4,8H2,(H,17,18). The highest BCUT2D eigenvalue weighted by Crippen LogP contribution is 2.25. The lowest BCUT2D eigenvalue weighted by molar-refractivity contribution is -0.120. The number of carbonyl (C=O) groups is 1. The van der Waals surface area contributed by atoms with Crippen molar-refractivity contribution in [3.63, 3.8) is 0 Å². The third-order valence-corrected chi connectivity index (χ3v) is 4.24. The molecule has 0 saturated heterocycles. The second-order valence-corrected chi connectivity index (χ2v) is 6.30. The van der Waals surface area contributed by atoms with Crippen molar-refractivity contribution in [3.8, 4) is 0 Å². The average molecular weight is 376 g/mol. The summed E-state index contributed by atoms with van der Waals surface area (Å²) in [6.07, 6.45) is 4.70. The summed E-state index contributed by atoms with van der Waals surface area (Å²) in [5.41, 5.74) is 0.930. The number of carbonyl (C=O) groups excluding carboxylic acids is 1. The minimum absolute atomic E-state index is 0.0664. The number of benzene rings is 1. The molecule has 1 saturated carbocycles. The maximum atomic E-state index is 11.8. The van der Waals surface area contributed by atoms with E-state index in [-0.39, 0.29) is 5.91 Å². The number of rotatable bonds is 4. The third-order valence-electron chi connectivity index (χ3n) is 3.09. The molecule has 0 spiro atoms. The van der Waals surface area contributed by atoms with Crippen LogP contribution in [0.1, 0.15) is 25.7 Å². The van der Waals surface area contributed by atoms with Crippen LogP contribution < -0.4 is 10.6 Å². The van der Waals surface area contributed by atoms with E-state index >= 15 is 0 Å². The molecule has 0 bridgehead atoms. The monoisotopic (exact) mass is 374 g/mol. The van der Waals surface area contributed by atoms with E-state index in [0.29, 0.717) is 12.6 Å². The van der Waals surface area contributed by atoms with E-state index in [4.69, 9.17) is 0 Å². The van der Waals surface area contributed by atoms with E-state index in [9.17, 15) is 4.79 Å². The zero-order valence-corrected chi connectivity index (χ0v) is 13.2. The fourth-order valence-corrected chi connectivity index (χ4v) is 3.34. The van der Waals surface area contributed by atoms with Crippen molar-refractivity contribution in [1.82, 2.24) is 5.32 Å². The van der Waals surface area contributed by atoms with Gasteiger partial charge in [-0.15, -0.1) is 0 Å². The van der Waals surface area contributed by atoms with Crippen LogP contribution in [0, 0.1) is 0 Å². The fraction of sp³-hybridized carbons (Fsp3) is 0.462. The first-order valence-corrected chi connectivity index (χ1v) is 7.72. The molecule has 1 aliphatic rings. The molecule has 2 rings (SSSR count). The molecule has 0 aromatic heterocycles. The van der Waals surface area contributed by atoms with Crippen LogP contribution in [0.4, 0.5) is 5.69 Å². The van der Waals surface area contributed by atoms with Gasteiger partial charge < -0.3 is 10.6 Å². The molecule has 0 heterocycles. The van der Waals surface area contributed by atoms with E-state index in [1.807, 2.05) is 18.2 Å². The van der Waals surface area contributed by atoms with Crippen LogP contribution >= 0.6 is 31.9 Å². The second-order valence-electron chi connectivity index (χ2n) is 4.53. The van der Waals surface area contributed by atoms with Gasteiger partial charge in [-0.1, -0.05) is 28.8 Å². The van der Waals surface area contributed by atoms with E-state index in [1.54, 1.807) is 0 Å². The quantitative estimate of drug-likeness (QED) is 0.842. The highest BCUT2D eigenvalue weighted by molar-refractivity contribution is 9.11. The van der Waals surface area contributed by atoms with Gasteiger partial charge in [0.2, 0.25) is 5.91 Å². The van der Waals surface area contributed by atoms with Gasteiger partial charge in [0.25, 0.3) is 0 Å². The van der Waals surface area contributed by atoms with E-state index in [0.717, 1.165) is 27.5 Å². The van der Waals surface area contributed by atoms with Gasteiger partial charge in [-0.25, -0.2) is 0 Å². The van der Waals surface area contributed by atoms with Gasteiger partial charge in [0.05, 0.1) is 6.54 Å². The zero-order valence-electron chi connectivity index (χ0n) is 10.0. The number of hydrogen-bond acceptors (Lipinski definition) is 2. The molecule has 2 N–H and O–H groups in total. The number of hydrogen-bond donors (Lipinski definition) is 2. The lowest BCUT2D eigenvalue weighted by atomic mass is 10.2. The topological polar surface area (TPSA) is 41.1 Å². The predicted octanol–water partition coefficient (Wildman–Crippen LogP) is 3.68. The highest BCUT2D eigenvalue weighted by atomic mass is 79.9. The molecule has 0 unspecified atom stereocenters. The van der Waals surface area contributed by atoms with Gasteiger partial charge >= 0.3 is 0 Å². The van der Waals surface area contributed by atoms with Gasteiger partial charge in [0.1, 0.15) is 0 Å². The molecular weight excluding hydrogens is 360 g/mol. The first-order valence-electron chi connectivity index (χ1n) is 6.13. The predicted molar refractivity (Wildman–Crippen MR) is 80.7 cm³/mol. The van der Waals surface area contributed by atoms with Crippen molar-refractivity contribution in [1.29, 1.82) is 0 Å². The minimum Gasteiger partial charge on any atom is -0.375 e. The van der Waals surface area contributed by atoms with Gasteiger partial charge in [0.15, 0.2) is 0 Å². The van der Waals surface area contributed by atoms with Crippen LogP contribution in [-0.2, 0) is 4.79 Å². The zero-order chi connectivity index (χ0) is 13.0. The number of anilines is 1. The van der Waals surface area contributed by atoms with Crippen molar-refractivity contribution in [3.05, 3.63) is 27.1 Å². The molecule has 1 amide bonds. The normalized spacial score (nSPS) is 15.7. The molecule has 1 aromatic carbocycles. The Hall–Kier alpha value is -0.550. The van der Waals surface area contributed by atoms with Gasteiger partial charge in [-0.3, -0.25) is 4.79 Å². The van der Waals surface area contributed by atoms with E-state index < -0.39 is 0 Å². The van der Waals surface area contributed by atoms with Crippen molar-refractivity contribution in [2.75, 3.05) is 11.9 Å². The van der Waals surface area contributed by atoms with Crippen molar-refractivity contribution in [2.45, 2.75) is 31.7 Å². The average Bonchev–Trinajstić information content (AvgIpc) is 2.80. The first kappa shape index (κ1) is 13.9. The Bertz CT molecular complexity index is 431. The van der Waals surface area contributed by atoms with Crippen molar-refractivity contribution in [2.24, 2.45) is 0 Å². The highest BCUT2D eigenvalue weighted by Gasteiger charge is 2.16. The summed E-state index contributed by atoms with van der Waals surface area (Å²) in [5, 5.41) is 6.19. The molecule has 1 aliphatic carbocycles. The summed E-state index contributed by atoms with van der Waals surface area (Å²) in [7, 11) is 0. The van der Waals surface area contributed by atoms with E-state index in [1.165, 1.54) is 12.8 Å². The second kappa shape index (κ2) is 6.57. The summed E-state index contributed by atoms with van der Waals surface area (Å²) in [4.78, 5) is 11.8. The van der Waals surface area contributed by atoms with Crippen LogP contribution in [0.25, 0.3) is 0 Å². The number of halogens is 2. The Morgan fingerprint density at radius 1 is 1.28 bits per heavy atom. The molecule has 98 valence electrons. The summed E-state index contributed by atoms with van der Waals surface area (Å²) < 4.78 is 1.96. The molecular formula is C13H16Br2N2O. The molecule has 0 radical (unpaired) electrons.